The lowest BCUT2D eigenvalue weighted by Gasteiger charge is -2.06. The summed E-state index contributed by atoms with van der Waals surface area (Å²) in [6, 6.07) is 14.1. The minimum absolute atomic E-state index is 0.0121. The van der Waals surface area contributed by atoms with Gasteiger partial charge in [-0.25, -0.2) is 9.78 Å². The third kappa shape index (κ3) is 4.04. The molecule has 0 saturated carbocycles. The lowest BCUT2D eigenvalue weighted by molar-refractivity contribution is 0.0702. The molecule has 1 aromatic carbocycles. The number of pyridine rings is 1. The Labute approximate surface area is 163 Å². The van der Waals surface area contributed by atoms with Gasteiger partial charge in [0.2, 0.25) is 0 Å². The number of hydrogen-bond acceptors (Lipinski definition) is 5. The summed E-state index contributed by atoms with van der Waals surface area (Å²) in [4.78, 5) is 28.6. The van der Waals surface area contributed by atoms with E-state index in [4.69, 9.17) is 23.2 Å². The Hall–Kier alpha value is -2.41. The zero-order chi connectivity index (χ0) is 18.7. The molecule has 0 radical (unpaired) electrons. The maximum atomic E-state index is 12.3. The first-order chi connectivity index (χ1) is 12.5. The van der Waals surface area contributed by atoms with Gasteiger partial charge in [-0.1, -0.05) is 53.5 Å². The van der Waals surface area contributed by atoms with Gasteiger partial charge in [-0.15, -0.1) is 11.3 Å². The Kier molecular flexibility index (Phi) is 5.56. The molecule has 0 saturated heterocycles. The number of aromatic carboxylic acids is 1. The smallest absolute Gasteiger partial charge is 0.348 e. The summed E-state index contributed by atoms with van der Waals surface area (Å²) in [6.07, 6.45) is 0. The molecule has 0 atom stereocenters. The van der Waals surface area contributed by atoms with Gasteiger partial charge in [-0.2, -0.15) is 0 Å². The van der Waals surface area contributed by atoms with Crippen LogP contribution in [0.1, 0.15) is 20.0 Å². The number of carboxylic acid groups (broad SMARTS) is 1. The Morgan fingerprint density at radius 3 is 2.50 bits per heavy atom. The molecule has 0 bridgehead atoms. The summed E-state index contributed by atoms with van der Waals surface area (Å²) in [7, 11) is 0. The highest BCUT2D eigenvalue weighted by atomic mass is 35.5. The highest BCUT2D eigenvalue weighted by molar-refractivity contribution is 7.18. The molecule has 0 fully saturated rings. The van der Waals surface area contributed by atoms with Crippen LogP contribution in [-0.4, -0.2) is 28.4 Å². The third-order valence-corrected chi connectivity index (χ3v) is 5.21. The maximum Gasteiger partial charge on any atom is 0.348 e. The number of halogens is 2. The number of carbonyl (C=O) groups excluding carboxylic acids is 1. The Morgan fingerprint density at radius 2 is 1.85 bits per heavy atom. The third-order valence-electron chi connectivity index (χ3n) is 3.54. The van der Waals surface area contributed by atoms with Crippen LogP contribution in [0.2, 0.25) is 10.3 Å². The van der Waals surface area contributed by atoms with E-state index in [0.29, 0.717) is 5.69 Å². The zero-order valence-corrected chi connectivity index (χ0v) is 15.5. The van der Waals surface area contributed by atoms with E-state index in [0.717, 1.165) is 21.8 Å². The molecule has 0 aliphatic carbocycles. The molecule has 8 heteroatoms. The fraction of sp³-hybridized carbons (Fsp3) is 0.0556. The van der Waals surface area contributed by atoms with Crippen molar-refractivity contribution in [1.29, 1.82) is 0 Å². The van der Waals surface area contributed by atoms with Gasteiger partial charge in [0.05, 0.1) is 17.8 Å². The molecule has 3 aromatic rings. The summed E-state index contributed by atoms with van der Waals surface area (Å²) < 4.78 is 0. The van der Waals surface area contributed by atoms with E-state index in [-0.39, 0.29) is 33.1 Å². The van der Waals surface area contributed by atoms with Crippen molar-refractivity contribution >= 4 is 52.0 Å². The normalized spacial score (nSPS) is 10.5. The number of nitrogens with zero attached hydrogens (tertiary/aromatic N) is 1. The predicted molar refractivity (Wildman–Crippen MR) is 104 cm³/mol. The van der Waals surface area contributed by atoms with E-state index in [1.807, 2.05) is 30.3 Å². The monoisotopic (exact) mass is 406 g/mol. The Bertz CT molecular complexity index is 974. The molecule has 0 unspecified atom stereocenters. The largest absolute Gasteiger partial charge is 0.477 e. The summed E-state index contributed by atoms with van der Waals surface area (Å²) in [6.45, 7) is -0.117. The molecule has 2 N–H and O–H groups in total. The van der Waals surface area contributed by atoms with Crippen LogP contribution in [0, 0.1) is 0 Å². The van der Waals surface area contributed by atoms with Crippen LogP contribution in [0.25, 0.3) is 10.4 Å². The topological polar surface area (TPSA) is 79.3 Å². The van der Waals surface area contributed by atoms with E-state index >= 15 is 0 Å². The molecule has 3 rings (SSSR count). The van der Waals surface area contributed by atoms with Crippen LogP contribution in [0.3, 0.4) is 0 Å². The summed E-state index contributed by atoms with van der Waals surface area (Å²) in [5.41, 5.74) is 1.51. The molecular formula is C18H12Cl2N2O3S. The number of ketones is 1. The average molecular weight is 407 g/mol. The van der Waals surface area contributed by atoms with Crippen molar-refractivity contribution in [3.8, 4) is 10.4 Å². The van der Waals surface area contributed by atoms with Gasteiger partial charge in [0.15, 0.2) is 5.78 Å². The van der Waals surface area contributed by atoms with Crippen molar-refractivity contribution in [2.75, 3.05) is 11.9 Å². The van der Waals surface area contributed by atoms with Gasteiger partial charge >= 0.3 is 5.97 Å². The van der Waals surface area contributed by atoms with Gasteiger partial charge in [0.1, 0.15) is 15.2 Å². The van der Waals surface area contributed by atoms with E-state index in [1.54, 1.807) is 6.07 Å². The number of nitrogens with one attached hydrogen (secondary N) is 1. The SMILES string of the molecule is O=C(CNc1cc(-c2ccccc2)sc1C(=O)O)c1ccc(Cl)nc1Cl. The van der Waals surface area contributed by atoms with Crippen LogP contribution in [0.15, 0.2) is 48.5 Å². The molecule has 0 amide bonds. The number of rotatable bonds is 6. The number of carbonyl (C=O) groups is 2. The van der Waals surface area contributed by atoms with Crippen molar-refractivity contribution in [3.05, 3.63) is 69.3 Å². The Balaban J connectivity index is 1.82. The lowest BCUT2D eigenvalue weighted by atomic mass is 10.1. The van der Waals surface area contributed by atoms with Gasteiger partial charge < -0.3 is 10.4 Å². The first kappa shape index (κ1) is 18.4. The number of thiophene rings is 1. The van der Waals surface area contributed by atoms with Gasteiger partial charge in [-0.3, -0.25) is 4.79 Å². The second-order valence-corrected chi connectivity index (χ2v) is 7.07. The molecular weight excluding hydrogens is 395 g/mol. The lowest BCUT2D eigenvalue weighted by Crippen LogP contribution is -2.15. The van der Waals surface area contributed by atoms with Crippen LogP contribution in [0.4, 0.5) is 5.69 Å². The van der Waals surface area contributed by atoms with E-state index in [2.05, 4.69) is 10.3 Å². The fourth-order valence-electron chi connectivity index (χ4n) is 2.32. The number of anilines is 1. The second kappa shape index (κ2) is 7.86. The highest BCUT2D eigenvalue weighted by Crippen LogP contribution is 2.34. The van der Waals surface area contributed by atoms with E-state index in [1.165, 1.54) is 12.1 Å². The van der Waals surface area contributed by atoms with Crippen LogP contribution < -0.4 is 5.32 Å². The molecule has 0 spiro atoms. The molecule has 132 valence electrons. The zero-order valence-electron chi connectivity index (χ0n) is 13.2. The van der Waals surface area contributed by atoms with E-state index in [9.17, 15) is 14.7 Å². The molecule has 5 nitrogen and oxygen atoms in total. The predicted octanol–water partition coefficient (Wildman–Crippen LogP) is 5.11. The average Bonchev–Trinajstić information content (AvgIpc) is 3.05. The minimum Gasteiger partial charge on any atom is -0.477 e. The molecule has 0 aliphatic heterocycles. The van der Waals surface area contributed by atoms with Crippen LogP contribution >= 0.6 is 34.5 Å². The molecule has 2 aromatic heterocycles. The summed E-state index contributed by atoms with van der Waals surface area (Å²) >= 11 is 12.8. The van der Waals surface area contributed by atoms with Gasteiger partial charge in [-0.05, 0) is 23.8 Å². The Morgan fingerprint density at radius 1 is 1.12 bits per heavy atom. The van der Waals surface area contributed by atoms with Crippen molar-refractivity contribution in [2.24, 2.45) is 0 Å². The number of benzene rings is 1. The van der Waals surface area contributed by atoms with Crippen LogP contribution in [-0.2, 0) is 0 Å². The number of carboxylic acids is 1. The quantitative estimate of drug-likeness (QED) is 0.439. The number of hydrogen-bond donors (Lipinski definition) is 2. The molecule has 26 heavy (non-hydrogen) atoms. The summed E-state index contributed by atoms with van der Waals surface area (Å²) in [5.74, 6) is -1.37. The van der Waals surface area contributed by atoms with E-state index < -0.39 is 5.97 Å². The van der Waals surface area contributed by atoms with Crippen molar-refractivity contribution in [3.63, 3.8) is 0 Å². The van der Waals surface area contributed by atoms with Crippen LogP contribution in [0.5, 0.6) is 0 Å². The van der Waals surface area contributed by atoms with Crippen molar-refractivity contribution in [1.82, 2.24) is 4.98 Å². The van der Waals surface area contributed by atoms with Gasteiger partial charge in [0.25, 0.3) is 0 Å². The first-order valence-corrected chi connectivity index (χ1v) is 9.04. The molecule has 0 aliphatic rings. The van der Waals surface area contributed by atoms with Gasteiger partial charge in [0, 0.05) is 4.88 Å². The standard InChI is InChI=1S/C18H12Cl2N2O3S/c19-15-7-6-11(17(20)22-15)13(23)9-21-12-8-14(26-16(12)18(24)25)10-4-2-1-3-5-10/h1-8,21H,9H2,(H,24,25). The van der Waals surface area contributed by atoms with Crippen molar-refractivity contribution < 1.29 is 14.7 Å². The number of aromatic nitrogens is 1. The van der Waals surface area contributed by atoms with Crippen molar-refractivity contribution in [2.45, 2.75) is 0 Å². The summed E-state index contributed by atoms with van der Waals surface area (Å²) in [5, 5.41) is 12.5. The molecule has 2 heterocycles. The minimum atomic E-state index is -1.06. The number of Topliss-reactive ketones (excluding diaryl/α,β-unsaturated/α-hetero) is 1. The first-order valence-electron chi connectivity index (χ1n) is 7.47. The highest BCUT2D eigenvalue weighted by Gasteiger charge is 2.18. The second-order valence-electron chi connectivity index (χ2n) is 5.27. The fourth-order valence-corrected chi connectivity index (χ4v) is 3.75. The maximum absolute atomic E-state index is 12.3.